The third-order valence-electron chi connectivity index (χ3n) is 3.51. The smallest absolute Gasteiger partial charge is 0.327 e. The van der Waals surface area contributed by atoms with E-state index in [4.69, 9.17) is 0 Å². The van der Waals surface area contributed by atoms with E-state index in [9.17, 15) is 23.3 Å². The highest BCUT2D eigenvalue weighted by molar-refractivity contribution is 14.1. The number of nitrogens with one attached hydrogen (secondary N) is 1. The largest absolute Gasteiger partial charge is 0.467 e. The maximum Gasteiger partial charge on any atom is 0.327 e. The van der Waals surface area contributed by atoms with Crippen LogP contribution in [0.1, 0.15) is 6.92 Å². The van der Waals surface area contributed by atoms with Gasteiger partial charge in [-0.05, 0) is 53.8 Å². The predicted molar refractivity (Wildman–Crippen MR) is 103 cm³/mol. The molecule has 10 heteroatoms. The molecule has 0 bridgehead atoms. The summed E-state index contributed by atoms with van der Waals surface area (Å²) in [6.07, 6.45) is 0. The van der Waals surface area contributed by atoms with E-state index in [0.717, 1.165) is 6.07 Å². The summed E-state index contributed by atoms with van der Waals surface area (Å²) in [4.78, 5) is 21.5. The summed E-state index contributed by atoms with van der Waals surface area (Å²) in [5.41, 5.74) is -0.361. The van der Waals surface area contributed by atoms with Gasteiger partial charge < -0.3 is 10.1 Å². The fraction of sp³-hybridized carbons (Fsp3) is 0.188. The zero-order valence-electron chi connectivity index (χ0n) is 13.8. The maximum absolute atomic E-state index is 13.1. The van der Waals surface area contributed by atoms with Crippen molar-refractivity contribution in [2.24, 2.45) is 0 Å². The van der Waals surface area contributed by atoms with Gasteiger partial charge in [0.15, 0.2) is 0 Å². The molecule has 0 aromatic heterocycles. The molecule has 0 aliphatic heterocycles. The number of hydrogen-bond donors (Lipinski definition) is 1. The number of nitro benzene ring substituents is 1. The fourth-order valence-corrected chi connectivity index (χ4v) is 4.57. The minimum Gasteiger partial charge on any atom is -0.467 e. The number of hydrogen-bond acceptors (Lipinski definition) is 7. The van der Waals surface area contributed by atoms with E-state index in [-0.39, 0.29) is 10.6 Å². The van der Waals surface area contributed by atoms with Crippen LogP contribution < -0.4 is 5.32 Å². The Morgan fingerprint density at radius 1 is 1.23 bits per heavy atom. The number of para-hydroxylation sites is 1. The van der Waals surface area contributed by atoms with Crippen molar-refractivity contribution in [1.29, 1.82) is 0 Å². The molecule has 1 N–H and O–H groups in total. The number of ether oxygens (including phenoxy) is 1. The first kappa shape index (κ1) is 20.1. The molecule has 0 aliphatic carbocycles. The van der Waals surface area contributed by atoms with Gasteiger partial charge in [-0.2, -0.15) is 0 Å². The number of benzene rings is 2. The normalized spacial score (nSPS) is 12.3. The average molecular weight is 490 g/mol. The van der Waals surface area contributed by atoms with E-state index >= 15 is 0 Å². The number of sulfone groups is 1. The van der Waals surface area contributed by atoms with Crippen molar-refractivity contribution >= 4 is 49.8 Å². The van der Waals surface area contributed by atoms with Crippen molar-refractivity contribution in [2.45, 2.75) is 22.8 Å². The number of carbonyl (C=O) groups excluding carboxylic acids is 1. The van der Waals surface area contributed by atoms with Crippen molar-refractivity contribution in [3.8, 4) is 0 Å². The van der Waals surface area contributed by atoms with Crippen molar-refractivity contribution in [2.75, 3.05) is 12.4 Å². The Bertz CT molecular complexity index is 961. The molecule has 0 amide bonds. The Balaban J connectivity index is 2.62. The lowest BCUT2D eigenvalue weighted by Gasteiger charge is -2.17. The fourth-order valence-electron chi connectivity index (χ4n) is 2.26. The SMILES string of the molecule is COC(=O)[C@H](C)Nc1ccc(I)cc1S(=O)(=O)c1ccccc1[N+](=O)[O-]. The van der Waals surface area contributed by atoms with E-state index in [0.29, 0.717) is 3.57 Å². The number of halogens is 1. The third kappa shape index (κ3) is 4.12. The summed E-state index contributed by atoms with van der Waals surface area (Å²) >= 11 is 1.94. The number of anilines is 1. The molecular formula is C16H15IN2O6S. The van der Waals surface area contributed by atoms with Crippen LogP contribution in [0, 0.1) is 13.7 Å². The molecule has 0 aliphatic rings. The van der Waals surface area contributed by atoms with Crippen LogP contribution in [0.5, 0.6) is 0 Å². The molecule has 0 heterocycles. The van der Waals surface area contributed by atoms with Gasteiger partial charge in [0.05, 0.1) is 22.6 Å². The summed E-state index contributed by atoms with van der Waals surface area (Å²) in [5.74, 6) is -0.572. The first-order chi connectivity index (χ1) is 12.2. The molecule has 0 unspecified atom stereocenters. The molecule has 26 heavy (non-hydrogen) atoms. The lowest BCUT2D eigenvalue weighted by molar-refractivity contribution is -0.387. The quantitative estimate of drug-likeness (QED) is 0.287. The van der Waals surface area contributed by atoms with Gasteiger partial charge in [0, 0.05) is 9.64 Å². The van der Waals surface area contributed by atoms with Gasteiger partial charge in [0.1, 0.15) is 10.9 Å². The standard InChI is InChI=1S/C16H15IN2O6S/c1-10(16(20)25-2)18-12-8-7-11(17)9-15(12)26(23,24)14-6-4-3-5-13(14)19(21)22/h3-10,18H,1-2H3/t10-/m0/s1. The Hall–Kier alpha value is -2.21. The molecule has 0 spiro atoms. The van der Waals surface area contributed by atoms with Crippen LogP contribution in [0.2, 0.25) is 0 Å². The van der Waals surface area contributed by atoms with Gasteiger partial charge in [-0.25, -0.2) is 13.2 Å². The van der Waals surface area contributed by atoms with Crippen LogP contribution in [0.15, 0.2) is 52.3 Å². The van der Waals surface area contributed by atoms with Crippen LogP contribution in [-0.4, -0.2) is 32.5 Å². The molecule has 0 saturated carbocycles. The molecule has 2 aromatic rings. The molecule has 138 valence electrons. The van der Waals surface area contributed by atoms with Crippen LogP contribution in [0.4, 0.5) is 11.4 Å². The molecule has 0 fully saturated rings. The summed E-state index contributed by atoms with van der Waals surface area (Å²) in [7, 11) is -2.99. The maximum atomic E-state index is 13.1. The van der Waals surface area contributed by atoms with Crippen LogP contribution in [0.25, 0.3) is 0 Å². The lowest BCUT2D eigenvalue weighted by atomic mass is 10.2. The van der Waals surface area contributed by atoms with E-state index < -0.39 is 37.4 Å². The van der Waals surface area contributed by atoms with Crippen molar-refractivity contribution in [1.82, 2.24) is 0 Å². The Morgan fingerprint density at radius 3 is 2.50 bits per heavy atom. The highest BCUT2D eigenvalue weighted by Crippen LogP contribution is 2.34. The predicted octanol–water partition coefficient (Wildman–Crippen LogP) is 3.01. The number of methoxy groups -OCH3 is 1. The lowest BCUT2D eigenvalue weighted by Crippen LogP contribution is -2.28. The Labute approximate surface area is 163 Å². The monoisotopic (exact) mass is 490 g/mol. The molecule has 0 saturated heterocycles. The molecule has 8 nitrogen and oxygen atoms in total. The van der Waals surface area contributed by atoms with Crippen molar-refractivity contribution in [3.63, 3.8) is 0 Å². The average Bonchev–Trinajstić information content (AvgIpc) is 2.62. The van der Waals surface area contributed by atoms with Crippen LogP contribution >= 0.6 is 22.6 Å². The van der Waals surface area contributed by atoms with Crippen molar-refractivity contribution < 1.29 is 22.9 Å². The summed E-state index contributed by atoms with van der Waals surface area (Å²) < 4.78 is 31.4. The first-order valence-corrected chi connectivity index (χ1v) is 9.87. The minimum atomic E-state index is -4.21. The van der Waals surface area contributed by atoms with Gasteiger partial charge >= 0.3 is 5.97 Å². The number of nitro groups is 1. The number of esters is 1. The molecular weight excluding hydrogens is 475 g/mol. The minimum absolute atomic E-state index is 0.154. The first-order valence-electron chi connectivity index (χ1n) is 7.31. The van der Waals surface area contributed by atoms with E-state index in [1.54, 1.807) is 6.07 Å². The van der Waals surface area contributed by atoms with Gasteiger partial charge in [0.2, 0.25) is 9.84 Å². The van der Waals surface area contributed by atoms with Crippen molar-refractivity contribution in [3.05, 3.63) is 56.1 Å². The third-order valence-corrected chi connectivity index (χ3v) is 6.02. The van der Waals surface area contributed by atoms with Crippen LogP contribution in [-0.2, 0) is 19.4 Å². The highest BCUT2D eigenvalue weighted by Gasteiger charge is 2.30. The highest BCUT2D eigenvalue weighted by atomic mass is 127. The van der Waals surface area contributed by atoms with Gasteiger partial charge in [0.25, 0.3) is 5.69 Å². The van der Waals surface area contributed by atoms with Gasteiger partial charge in [-0.3, -0.25) is 10.1 Å². The van der Waals surface area contributed by atoms with E-state index in [1.165, 1.54) is 44.4 Å². The second-order valence-corrected chi connectivity index (χ2v) is 8.39. The van der Waals surface area contributed by atoms with Crippen LogP contribution in [0.3, 0.4) is 0 Å². The zero-order valence-corrected chi connectivity index (χ0v) is 16.8. The molecule has 0 radical (unpaired) electrons. The second kappa shape index (κ2) is 7.99. The second-order valence-electron chi connectivity index (χ2n) is 5.26. The topological polar surface area (TPSA) is 116 Å². The van der Waals surface area contributed by atoms with E-state index in [1.807, 2.05) is 22.6 Å². The number of carbonyl (C=O) groups is 1. The zero-order chi connectivity index (χ0) is 19.5. The van der Waals surface area contributed by atoms with E-state index in [2.05, 4.69) is 10.1 Å². The number of nitrogens with zero attached hydrogens (tertiary/aromatic N) is 1. The Morgan fingerprint density at radius 2 is 1.88 bits per heavy atom. The number of rotatable bonds is 6. The molecule has 2 rings (SSSR count). The summed E-state index contributed by atoms with van der Waals surface area (Å²) in [6, 6.07) is 8.86. The van der Waals surface area contributed by atoms with Gasteiger partial charge in [-0.1, -0.05) is 12.1 Å². The van der Waals surface area contributed by atoms with Gasteiger partial charge in [-0.15, -0.1) is 0 Å². The molecule has 1 atom stereocenters. The Kier molecular flexibility index (Phi) is 6.18. The summed E-state index contributed by atoms with van der Waals surface area (Å²) in [6.45, 7) is 1.52. The summed E-state index contributed by atoms with van der Waals surface area (Å²) in [5, 5.41) is 14.0. The molecule has 2 aromatic carbocycles.